The molecule has 0 saturated carbocycles. The number of hydrogen-bond donors (Lipinski definition) is 0. The van der Waals surface area contributed by atoms with Crippen LogP contribution in [-0.2, 0) is 0 Å². The third kappa shape index (κ3) is 4.17. The molecule has 0 aliphatic rings. The van der Waals surface area contributed by atoms with Crippen molar-refractivity contribution in [2.45, 2.75) is 0 Å². The Morgan fingerprint density at radius 3 is 1.53 bits per heavy atom. The minimum absolute atomic E-state index is 0.582. The van der Waals surface area contributed by atoms with Gasteiger partial charge in [0.25, 0.3) is 0 Å². The lowest BCUT2D eigenvalue weighted by Gasteiger charge is -2.13. The smallest absolute Gasteiger partial charge is 0.238 e. The fraction of sp³-hybridized carbons (Fsp3) is 0. The van der Waals surface area contributed by atoms with Crippen LogP contribution < -0.4 is 0 Å². The van der Waals surface area contributed by atoms with Gasteiger partial charge >= 0.3 is 0 Å². The van der Waals surface area contributed by atoms with Gasteiger partial charge in [0, 0.05) is 48.1 Å². The van der Waals surface area contributed by atoms with Crippen LogP contribution in [0.25, 0.3) is 98.2 Å². The molecule has 7 aromatic carbocycles. The number of nitrogens with zero attached hydrogens (tertiary/aromatic N) is 5. The van der Waals surface area contributed by atoms with Crippen molar-refractivity contribution < 1.29 is 0 Å². The molecule has 238 valence electrons. The standard InChI is InChI=1S/C45H27N5S/c1-3-14-28(15-4-1)43-46-44(29-16-5-2-6-17-29)48-45(47-43)50-37-23-11-8-19-31(37)34-27-26-33-30-18-7-10-22-36(30)49(40(33)41(34)50)38-24-13-21-35-32-20-9-12-25-39(32)51-42(35)38/h1-27H. The quantitative estimate of drug-likeness (QED) is 0.187. The summed E-state index contributed by atoms with van der Waals surface area (Å²) in [6.07, 6.45) is 0. The van der Waals surface area contributed by atoms with E-state index in [4.69, 9.17) is 15.0 Å². The van der Waals surface area contributed by atoms with Crippen LogP contribution >= 0.6 is 11.3 Å². The van der Waals surface area contributed by atoms with Crippen molar-refractivity contribution in [3.63, 3.8) is 0 Å². The van der Waals surface area contributed by atoms with Gasteiger partial charge in [-0.25, -0.2) is 4.98 Å². The molecule has 0 saturated heterocycles. The van der Waals surface area contributed by atoms with Crippen LogP contribution in [0.5, 0.6) is 0 Å². The van der Waals surface area contributed by atoms with E-state index in [2.05, 4.69) is 137 Å². The molecule has 0 aliphatic heterocycles. The van der Waals surface area contributed by atoms with Gasteiger partial charge in [0.05, 0.1) is 32.5 Å². The molecule has 4 aromatic heterocycles. The highest BCUT2D eigenvalue weighted by Crippen LogP contribution is 2.44. The van der Waals surface area contributed by atoms with Crippen molar-refractivity contribution in [2.24, 2.45) is 0 Å². The molecule has 11 aromatic rings. The van der Waals surface area contributed by atoms with Crippen molar-refractivity contribution in [1.82, 2.24) is 24.1 Å². The summed E-state index contributed by atoms with van der Waals surface area (Å²) >= 11 is 1.85. The molecule has 5 nitrogen and oxygen atoms in total. The third-order valence-electron chi connectivity index (χ3n) is 9.98. The van der Waals surface area contributed by atoms with Crippen LogP contribution in [0.2, 0.25) is 0 Å². The van der Waals surface area contributed by atoms with Gasteiger partial charge in [-0.05, 0) is 24.3 Å². The van der Waals surface area contributed by atoms with Crippen LogP contribution in [0.3, 0.4) is 0 Å². The number of fused-ring (bicyclic) bond motifs is 10. The highest BCUT2D eigenvalue weighted by molar-refractivity contribution is 7.26. The molecule has 0 bridgehead atoms. The molecular formula is C45H27N5S. The molecule has 0 atom stereocenters. The zero-order chi connectivity index (χ0) is 33.5. The first-order valence-electron chi connectivity index (χ1n) is 17.0. The van der Waals surface area contributed by atoms with Crippen molar-refractivity contribution in [2.75, 3.05) is 0 Å². The Kier molecular flexibility index (Phi) is 6.05. The lowest BCUT2D eigenvalue weighted by molar-refractivity contribution is 0.953. The molecule has 0 N–H and O–H groups in total. The van der Waals surface area contributed by atoms with E-state index < -0.39 is 0 Å². The van der Waals surface area contributed by atoms with E-state index in [1.54, 1.807) is 0 Å². The SMILES string of the molecule is c1ccc(-c2nc(-c3ccccc3)nc(-n3c4ccccc4c4ccc5c6ccccc6n(-c6cccc7c6sc6ccccc67)c5c43)n2)cc1. The predicted octanol–water partition coefficient (Wildman–Crippen LogP) is 11.8. The van der Waals surface area contributed by atoms with Gasteiger partial charge in [0.2, 0.25) is 5.95 Å². The van der Waals surface area contributed by atoms with Gasteiger partial charge in [0.1, 0.15) is 0 Å². The highest BCUT2D eigenvalue weighted by Gasteiger charge is 2.24. The fourth-order valence-corrected chi connectivity index (χ4v) is 8.97. The van der Waals surface area contributed by atoms with E-state index in [0.29, 0.717) is 17.6 Å². The number of para-hydroxylation sites is 2. The summed E-state index contributed by atoms with van der Waals surface area (Å²) < 4.78 is 7.27. The van der Waals surface area contributed by atoms with Gasteiger partial charge in [-0.2, -0.15) is 9.97 Å². The Labute approximate surface area is 296 Å². The van der Waals surface area contributed by atoms with E-state index >= 15 is 0 Å². The molecule has 6 heteroatoms. The Morgan fingerprint density at radius 1 is 0.373 bits per heavy atom. The maximum absolute atomic E-state index is 5.25. The summed E-state index contributed by atoms with van der Waals surface area (Å²) in [5.41, 5.74) is 7.43. The predicted molar refractivity (Wildman–Crippen MR) is 212 cm³/mol. The van der Waals surface area contributed by atoms with Crippen molar-refractivity contribution >= 4 is 75.1 Å². The minimum atomic E-state index is 0.582. The van der Waals surface area contributed by atoms with Crippen LogP contribution in [0.1, 0.15) is 0 Å². The van der Waals surface area contributed by atoms with Crippen LogP contribution in [0, 0.1) is 0 Å². The second-order valence-corrected chi connectivity index (χ2v) is 13.9. The van der Waals surface area contributed by atoms with E-state index in [1.807, 2.05) is 47.7 Å². The van der Waals surface area contributed by atoms with E-state index in [1.165, 1.54) is 30.9 Å². The number of benzene rings is 7. The van der Waals surface area contributed by atoms with Crippen molar-refractivity contribution in [1.29, 1.82) is 0 Å². The zero-order valence-corrected chi connectivity index (χ0v) is 28.0. The third-order valence-corrected chi connectivity index (χ3v) is 11.2. The van der Waals surface area contributed by atoms with Gasteiger partial charge in [-0.1, -0.05) is 140 Å². The average Bonchev–Trinajstić information content (AvgIpc) is 3.86. The largest absolute Gasteiger partial charge is 0.306 e. The molecule has 0 spiro atoms. The van der Waals surface area contributed by atoms with Gasteiger partial charge in [-0.3, -0.25) is 4.57 Å². The normalized spacial score (nSPS) is 11.9. The molecule has 0 fully saturated rings. The maximum Gasteiger partial charge on any atom is 0.238 e. The monoisotopic (exact) mass is 669 g/mol. The maximum atomic E-state index is 5.25. The number of thiophene rings is 1. The van der Waals surface area contributed by atoms with E-state index in [9.17, 15) is 0 Å². The van der Waals surface area contributed by atoms with Crippen molar-refractivity contribution in [3.8, 4) is 34.4 Å². The first-order chi connectivity index (χ1) is 25.3. The molecule has 0 unspecified atom stereocenters. The lowest BCUT2D eigenvalue weighted by atomic mass is 10.1. The fourth-order valence-electron chi connectivity index (χ4n) is 7.76. The Balaban J connectivity index is 1.33. The average molecular weight is 670 g/mol. The molecule has 0 radical (unpaired) electrons. The molecule has 0 aliphatic carbocycles. The minimum Gasteiger partial charge on any atom is -0.306 e. The summed E-state index contributed by atoms with van der Waals surface area (Å²) in [6, 6.07) is 57.7. The Bertz CT molecular complexity index is 3080. The first kappa shape index (κ1) is 28.2. The van der Waals surface area contributed by atoms with Gasteiger partial charge in [-0.15, -0.1) is 11.3 Å². The summed E-state index contributed by atoms with van der Waals surface area (Å²) in [7, 11) is 0. The summed E-state index contributed by atoms with van der Waals surface area (Å²) in [5.74, 6) is 1.85. The van der Waals surface area contributed by atoms with Crippen LogP contribution in [-0.4, -0.2) is 24.1 Å². The molecule has 0 amide bonds. The van der Waals surface area contributed by atoms with E-state index in [-0.39, 0.29) is 0 Å². The Morgan fingerprint density at radius 2 is 0.882 bits per heavy atom. The first-order valence-corrected chi connectivity index (χ1v) is 17.9. The summed E-state index contributed by atoms with van der Waals surface area (Å²) in [5, 5.41) is 7.23. The number of hydrogen-bond acceptors (Lipinski definition) is 4. The number of aromatic nitrogens is 5. The topological polar surface area (TPSA) is 48.5 Å². The van der Waals surface area contributed by atoms with Crippen molar-refractivity contribution in [3.05, 3.63) is 164 Å². The number of rotatable bonds is 4. The Hall–Kier alpha value is -6.63. The second-order valence-electron chi connectivity index (χ2n) is 12.8. The highest BCUT2D eigenvalue weighted by atomic mass is 32.1. The second kappa shape index (κ2) is 10.9. The zero-order valence-electron chi connectivity index (χ0n) is 27.2. The van der Waals surface area contributed by atoms with Crippen LogP contribution in [0.15, 0.2) is 164 Å². The molecule has 4 heterocycles. The summed E-state index contributed by atoms with van der Waals surface area (Å²) in [4.78, 5) is 15.5. The molecular weight excluding hydrogens is 643 g/mol. The van der Waals surface area contributed by atoms with E-state index in [0.717, 1.165) is 49.7 Å². The van der Waals surface area contributed by atoms with Crippen LogP contribution in [0.4, 0.5) is 0 Å². The summed E-state index contributed by atoms with van der Waals surface area (Å²) in [6.45, 7) is 0. The van der Waals surface area contributed by atoms with Gasteiger partial charge < -0.3 is 4.57 Å². The molecule has 51 heavy (non-hydrogen) atoms. The van der Waals surface area contributed by atoms with Gasteiger partial charge in [0.15, 0.2) is 11.6 Å². The lowest BCUT2D eigenvalue weighted by Crippen LogP contribution is -2.07. The molecule has 11 rings (SSSR count).